The van der Waals surface area contributed by atoms with Gasteiger partial charge in [-0.25, -0.2) is 35.1 Å². The lowest BCUT2D eigenvalue weighted by molar-refractivity contribution is 0.274. The standard InChI is InChI=1S/C12H2Br2F8/c13-11(21)5(15)1-3(7(17)9(11)19)4-2-6(16)12(14,22)10(20)8(4)18/h1-2H/b4-3+. The number of alkyl halides is 4. The SMILES string of the molecule is FC1=C/C(=C2/C=C(F)C(F)(Br)C(F)=C2F)C(F)=C(F)C1(F)Br. The molecule has 0 amide bonds. The summed E-state index contributed by atoms with van der Waals surface area (Å²) in [4.78, 5) is 0. The fourth-order valence-corrected chi connectivity index (χ4v) is 2.25. The van der Waals surface area contributed by atoms with Crippen LogP contribution in [0.3, 0.4) is 0 Å². The Morgan fingerprint density at radius 1 is 0.636 bits per heavy atom. The maximum atomic E-state index is 13.7. The molecular formula is C12H2Br2F8. The Morgan fingerprint density at radius 2 is 0.909 bits per heavy atom. The molecule has 0 nitrogen and oxygen atoms in total. The van der Waals surface area contributed by atoms with Gasteiger partial charge in [-0.3, -0.25) is 0 Å². The molecular weight excluding hydrogens is 456 g/mol. The number of hydrogen-bond acceptors (Lipinski definition) is 0. The summed E-state index contributed by atoms with van der Waals surface area (Å²) in [5.41, 5.74) is -2.62. The molecule has 22 heavy (non-hydrogen) atoms. The van der Waals surface area contributed by atoms with Crippen molar-refractivity contribution >= 4 is 31.9 Å². The van der Waals surface area contributed by atoms with Crippen LogP contribution in [0.2, 0.25) is 0 Å². The van der Waals surface area contributed by atoms with Crippen molar-refractivity contribution in [1.29, 1.82) is 0 Å². The van der Waals surface area contributed by atoms with Gasteiger partial charge in [0.25, 0.3) is 9.16 Å². The molecule has 120 valence electrons. The normalized spacial score (nSPS) is 36.6. The maximum Gasteiger partial charge on any atom is 0.269 e. The Morgan fingerprint density at radius 3 is 1.18 bits per heavy atom. The Labute approximate surface area is 134 Å². The third-order valence-electron chi connectivity index (χ3n) is 2.84. The first-order valence-corrected chi connectivity index (χ1v) is 6.88. The van der Waals surface area contributed by atoms with Crippen LogP contribution in [0.4, 0.5) is 35.1 Å². The number of hydrogen-bond donors (Lipinski definition) is 0. The van der Waals surface area contributed by atoms with Gasteiger partial charge in [-0.2, -0.15) is 0 Å². The van der Waals surface area contributed by atoms with E-state index >= 15 is 0 Å². The molecule has 10 heteroatoms. The summed E-state index contributed by atoms with van der Waals surface area (Å²) in [6.45, 7) is 0. The van der Waals surface area contributed by atoms with Gasteiger partial charge in [-0.15, -0.1) is 0 Å². The average molecular weight is 458 g/mol. The smallest absolute Gasteiger partial charge is 0.215 e. The van der Waals surface area contributed by atoms with Crippen molar-refractivity contribution in [3.05, 3.63) is 58.3 Å². The molecule has 0 spiro atoms. The topological polar surface area (TPSA) is 0 Å². The van der Waals surface area contributed by atoms with Crippen LogP contribution in [-0.4, -0.2) is 9.16 Å². The van der Waals surface area contributed by atoms with Crippen molar-refractivity contribution in [1.82, 2.24) is 0 Å². The fraction of sp³-hybridized carbons (Fsp3) is 0.167. The second kappa shape index (κ2) is 5.33. The van der Waals surface area contributed by atoms with Gasteiger partial charge in [0, 0.05) is 11.1 Å². The van der Waals surface area contributed by atoms with Gasteiger partial charge in [0.2, 0.25) is 0 Å². The largest absolute Gasteiger partial charge is 0.269 e. The van der Waals surface area contributed by atoms with E-state index in [0.717, 1.165) is 0 Å². The zero-order valence-electron chi connectivity index (χ0n) is 9.93. The highest BCUT2D eigenvalue weighted by molar-refractivity contribution is 9.10. The third kappa shape index (κ3) is 2.40. The minimum Gasteiger partial charge on any atom is -0.215 e. The molecule has 0 radical (unpaired) electrons. The van der Waals surface area contributed by atoms with Gasteiger partial charge in [-0.05, 0) is 44.0 Å². The molecule has 0 aromatic rings. The van der Waals surface area contributed by atoms with E-state index in [9.17, 15) is 35.1 Å². The van der Waals surface area contributed by atoms with E-state index in [4.69, 9.17) is 0 Å². The van der Waals surface area contributed by atoms with Crippen molar-refractivity contribution in [3.8, 4) is 0 Å². The zero-order chi connectivity index (χ0) is 17.0. The van der Waals surface area contributed by atoms with Gasteiger partial charge in [0.15, 0.2) is 35.0 Å². The van der Waals surface area contributed by atoms with Crippen LogP contribution >= 0.6 is 31.9 Å². The fourth-order valence-electron chi connectivity index (χ4n) is 1.68. The summed E-state index contributed by atoms with van der Waals surface area (Å²) in [6.07, 6.45) is -0.00278. The Kier molecular flexibility index (Phi) is 4.23. The van der Waals surface area contributed by atoms with Crippen LogP contribution in [0.1, 0.15) is 0 Å². The number of rotatable bonds is 0. The van der Waals surface area contributed by atoms with Crippen LogP contribution in [0.5, 0.6) is 0 Å². The van der Waals surface area contributed by atoms with E-state index in [2.05, 4.69) is 0 Å². The quantitative estimate of drug-likeness (QED) is 0.290. The van der Waals surface area contributed by atoms with Crippen LogP contribution in [-0.2, 0) is 0 Å². The molecule has 2 atom stereocenters. The Bertz CT molecular complexity index is 649. The highest BCUT2D eigenvalue weighted by Crippen LogP contribution is 2.51. The Balaban J connectivity index is 2.77. The van der Waals surface area contributed by atoms with Gasteiger partial charge in [0.05, 0.1) is 0 Å². The summed E-state index contributed by atoms with van der Waals surface area (Å²) in [5.74, 6) is -12.7. The highest BCUT2D eigenvalue weighted by Gasteiger charge is 2.48. The van der Waals surface area contributed by atoms with Gasteiger partial charge in [0.1, 0.15) is 0 Å². The molecule has 2 aliphatic carbocycles. The van der Waals surface area contributed by atoms with Crippen molar-refractivity contribution in [3.63, 3.8) is 0 Å². The zero-order valence-corrected chi connectivity index (χ0v) is 13.1. The van der Waals surface area contributed by atoms with Crippen molar-refractivity contribution in [2.24, 2.45) is 0 Å². The average Bonchev–Trinajstić information content (AvgIpc) is 2.44. The van der Waals surface area contributed by atoms with E-state index in [0.29, 0.717) is 0 Å². The van der Waals surface area contributed by atoms with E-state index in [1.807, 2.05) is 31.9 Å². The van der Waals surface area contributed by atoms with Crippen LogP contribution in [0.15, 0.2) is 58.3 Å². The molecule has 0 saturated heterocycles. The molecule has 2 unspecified atom stereocenters. The predicted octanol–water partition coefficient (Wildman–Crippen LogP) is 6.44. The minimum absolute atomic E-state index is 0.00139. The second-order valence-corrected chi connectivity index (χ2v) is 6.40. The molecule has 0 saturated carbocycles. The van der Waals surface area contributed by atoms with Crippen LogP contribution in [0, 0.1) is 0 Å². The summed E-state index contributed by atoms with van der Waals surface area (Å²) >= 11 is 3.86. The van der Waals surface area contributed by atoms with Gasteiger partial charge in [-0.1, -0.05) is 0 Å². The van der Waals surface area contributed by atoms with E-state index in [1.54, 1.807) is 0 Å². The highest BCUT2D eigenvalue weighted by atomic mass is 79.9. The summed E-state index contributed by atoms with van der Waals surface area (Å²) in [6, 6.07) is 0. The molecule has 0 aromatic heterocycles. The second-order valence-electron chi connectivity index (χ2n) is 4.22. The molecule has 0 fully saturated rings. The molecule has 0 bridgehead atoms. The van der Waals surface area contributed by atoms with Gasteiger partial charge >= 0.3 is 0 Å². The first kappa shape index (κ1) is 17.5. The predicted molar refractivity (Wildman–Crippen MR) is 69.4 cm³/mol. The molecule has 2 aliphatic rings. The Hall–Kier alpha value is -0.900. The minimum atomic E-state index is -3.62. The van der Waals surface area contributed by atoms with Crippen molar-refractivity contribution < 1.29 is 35.1 Å². The van der Waals surface area contributed by atoms with Crippen molar-refractivity contribution in [2.45, 2.75) is 9.16 Å². The number of allylic oxidation sites excluding steroid dienone is 10. The van der Waals surface area contributed by atoms with E-state index in [-0.39, 0.29) is 12.2 Å². The summed E-state index contributed by atoms with van der Waals surface area (Å²) in [5, 5.41) is 0. The first-order chi connectivity index (χ1) is 9.92. The lowest BCUT2D eigenvalue weighted by Gasteiger charge is -2.24. The third-order valence-corrected chi connectivity index (χ3v) is 4.30. The van der Waals surface area contributed by atoms with Crippen LogP contribution < -0.4 is 0 Å². The van der Waals surface area contributed by atoms with Gasteiger partial charge < -0.3 is 0 Å². The molecule has 0 aromatic carbocycles. The van der Waals surface area contributed by atoms with Crippen molar-refractivity contribution in [2.75, 3.05) is 0 Å². The summed E-state index contributed by atoms with van der Waals surface area (Å²) < 4.78 is 101. The molecule has 2 rings (SSSR count). The number of halogens is 10. The monoisotopic (exact) mass is 456 g/mol. The lowest BCUT2D eigenvalue weighted by atomic mass is 9.95. The first-order valence-electron chi connectivity index (χ1n) is 5.29. The van der Waals surface area contributed by atoms with Crippen LogP contribution in [0.25, 0.3) is 0 Å². The molecule has 0 N–H and O–H groups in total. The van der Waals surface area contributed by atoms with E-state index < -0.39 is 55.3 Å². The lowest BCUT2D eigenvalue weighted by Crippen LogP contribution is -2.23. The molecule has 0 heterocycles. The maximum absolute atomic E-state index is 13.7. The van der Waals surface area contributed by atoms with E-state index in [1.165, 1.54) is 0 Å². The molecule has 0 aliphatic heterocycles. The summed E-state index contributed by atoms with van der Waals surface area (Å²) in [7, 11) is 0.